The lowest BCUT2D eigenvalue weighted by atomic mass is 9.95. The standard InChI is InChI=1S/C17H20INO2/c1-18-12-14-8-6-13(7-9-14)11-16-15(17(20)21-3)5-4-10-19(16)2/h4-10,16H,1,11-12H2,2-3H3. The van der Waals surface area contributed by atoms with E-state index in [0.29, 0.717) is 5.57 Å². The molecule has 0 saturated heterocycles. The molecule has 1 unspecified atom stereocenters. The first-order valence-electron chi connectivity index (χ1n) is 6.75. The molecule has 1 aliphatic heterocycles. The summed E-state index contributed by atoms with van der Waals surface area (Å²) in [6.45, 7) is 0. The normalized spacial score (nSPS) is 17.5. The highest BCUT2D eigenvalue weighted by Gasteiger charge is 2.25. The fourth-order valence-corrected chi connectivity index (χ4v) is 3.52. The van der Waals surface area contributed by atoms with Crippen LogP contribution in [0.5, 0.6) is 0 Å². The number of carbonyl (C=O) groups excluding carboxylic acids is 1. The van der Waals surface area contributed by atoms with E-state index in [1.54, 1.807) is 0 Å². The fourth-order valence-electron chi connectivity index (χ4n) is 2.39. The summed E-state index contributed by atoms with van der Waals surface area (Å²) in [5.41, 5.74) is 3.28. The molecule has 0 bridgehead atoms. The van der Waals surface area contributed by atoms with Crippen LogP contribution in [0.3, 0.4) is 0 Å². The number of nitrogens with zero attached hydrogens (tertiary/aromatic N) is 1. The molecule has 0 saturated carbocycles. The third-order valence-corrected chi connectivity index (χ3v) is 4.99. The van der Waals surface area contributed by atoms with Crippen molar-refractivity contribution in [1.82, 2.24) is 4.90 Å². The first-order chi connectivity index (χ1) is 10.2. The second kappa shape index (κ2) is 7.54. The summed E-state index contributed by atoms with van der Waals surface area (Å²) in [6, 6.07) is 8.65. The Labute approximate surface area is 136 Å². The monoisotopic (exact) mass is 397 g/mol. The van der Waals surface area contributed by atoms with Gasteiger partial charge < -0.3 is 9.64 Å². The van der Waals surface area contributed by atoms with Gasteiger partial charge in [-0.05, 0) is 35.9 Å². The Hall–Kier alpha value is -1.43. The highest BCUT2D eigenvalue weighted by molar-refractivity contribution is 14.2. The number of likely N-dealkylation sites (N-methyl/N-ethyl adjacent to an activating group) is 1. The number of alkyl halides is 1. The van der Waals surface area contributed by atoms with Crippen molar-refractivity contribution < 1.29 is 9.53 Å². The topological polar surface area (TPSA) is 29.5 Å². The molecular formula is C17H20INO2. The van der Waals surface area contributed by atoms with Gasteiger partial charge in [0.05, 0.1) is 18.7 Å². The maximum Gasteiger partial charge on any atom is 0.335 e. The first kappa shape index (κ1) is 15.9. The molecule has 0 fully saturated rings. The van der Waals surface area contributed by atoms with Crippen LogP contribution >= 0.6 is 20.7 Å². The summed E-state index contributed by atoms with van der Waals surface area (Å²) in [5, 5.41) is 0. The summed E-state index contributed by atoms with van der Waals surface area (Å²) in [6.07, 6.45) is 6.50. The SMILES string of the molecule is C=ICc1ccc(CC2C(C(=O)OC)=CC=CN2C)cc1. The Morgan fingerprint density at radius 1 is 1.33 bits per heavy atom. The van der Waals surface area contributed by atoms with Crippen molar-refractivity contribution in [1.29, 1.82) is 0 Å². The Kier molecular flexibility index (Phi) is 5.73. The summed E-state index contributed by atoms with van der Waals surface area (Å²) < 4.78 is 9.98. The third kappa shape index (κ3) is 4.03. The van der Waals surface area contributed by atoms with Crippen molar-refractivity contribution in [3.8, 4) is 0 Å². The van der Waals surface area contributed by atoms with Crippen LogP contribution in [0.4, 0.5) is 0 Å². The van der Waals surface area contributed by atoms with Gasteiger partial charge in [0, 0.05) is 11.5 Å². The average Bonchev–Trinajstić information content (AvgIpc) is 2.50. The van der Waals surface area contributed by atoms with E-state index in [1.165, 1.54) is 18.2 Å². The molecule has 0 spiro atoms. The molecule has 0 N–H and O–H groups in total. The molecule has 112 valence electrons. The van der Waals surface area contributed by atoms with Crippen LogP contribution in [0.15, 0.2) is 48.2 Å². The van der Waals surface area contributed by atoms with Crippen LogP contribution in [0.2, 0.25) is 0 Å². The van der Waals surface area contributed by atoms with Gasteiger partial charge in [-0.2, -0.15) is 0 Å². The van der Waals surface area contributed by atoms with Gasteiger partial charge >= 0.3 is 5.97 Å². The number of methoxy groups -OCH3 is 1. The molecule has 21 heavy (non-hydrogen) atoms. The predicted molar refractivity (Wildman–Crippen MR) is 95.8 cm³/mol. The highest BCUT2D eigenvalue weighted by Crippen LogP contribution is 2.21. The molecule has 2 rings (SSSR count). The number of carbonyl (C=O) groups is 1. The number of rotatable bonds is 5. The van der Waals surface area contributed by atoms with E-state index in [2.05, 4.69) is 33.7 Å². The van der Waals surface area contributed by atoms with Crippen molar-refractivity contribution in [3.63, 3.8) is 0 Å². The Bertz CT molecular complexity index is 575. The largest absolute Gasteiger partial charge is 0.466 e. The average molecular weight is 397 g/mol. The van der Waals surface area contributed by atoms with Crippen molar-refractivity contribution in [2.45, 2.75) is 16.9 Å². The maximum absolute atomic E-state index is 11.9. The van der Waals surface area contributed by atoms with E-state index in [4.69, 9.17) is 4.74 Å². The molecule has 0 amide bonds. The van der Waals surface area contributed by atoms with Gasteiger partial charge in [-0.1, -0.05) is 28.8 Å². The van der Waals surface area contributed by atoms with E-state index in [0.717, 1.165) is 10.8 Å². The molecule has 1 atom stereocenters. The highest BCUT2D eigenvalue weighted by atomic mass is 127. The zero-order valence-corrected chi connectivity index (χ0v) is 14.5. The van der Waals surface area contributed by atoms with E-state index in [-0.39, 0.29) is 32.7 Å². The predicted octanol–water partition coefficient (Wildman–Crippen LogP) is 3.06. The molecule has 0 radical (unpaired) electrons. The Balaban J connectivity index is 2.15. The molecular weight excluding hydrogens is 377 g/mol. The van der Waals surface area contributed by atoms with Crippen LogP contribution in [-0.2, 0) is 20.4 Å². The van der Waals surface area contributed by atoms with Crippen molar-refractivity contribution in [2.75, 3.05) is 14.2 Å². The smallest absolute Gasteiger partial charge is 0.335 e. The zero-order valence-electron chi connectivity index (χ0n) is 12.4. The van der Waals surface area contributed by atoms with E-state index < -0.39 is 0 Å². The van der Waals surface area contributed by atoms with Gasteiger partial charge in [0.1, 0.15) is 0 Å². The molecule has 4 heteroatoms. The molecule has 0 aromatic heterocycles. The molecule has 1 aliphatic rings. The van der Waals surface area contributed by atoms with Gasteiger partial charge in [0.25, 0.3) is 0 Å². The molecule has 0 aliphatic carbocycles. The summed E-state index contributed by atoms with van der Waals surface area (Å²) in [5.74, 6) is -0.255. The number of ether oxygens (including phenoxy) is 1. The second-order valence-electron chi connectivity index (χ2n) is 4.98. The van der Waals surface area contributed by atoms with Crippen LogP contribution < -0.4 is 0 Å². The van der Waals surface area contributed by atoms with E-state index in [9.17, 15) is 4.79 Å². The van der Waals surface area contributed by atoms with Gasteiger partial charge in [-0.25, -0.2) is 4.79 Å². The Morgan fingerprint density at radius 3 is 2.62 bits per heavy atom. The van der Waals surface area contributed by atoms with Gasteiger partial charge in [-0.3, -0.25) is 0 Å². The first-order valence-corrected chi connectivity index (χ1v) is 9.80. The minimum atomic E-state index is -0.255. The molecule has 1 aromatic carbocycles. The van der Waals surface area contributed by atoms with Crippen molar-refractivity contribution in [3.05, 3.63) is 59.3 Å². The zero-order chi connectivity index (χ0) is 15.2. The van der Waals surface area contributed by atoms with Crippen LogP contribution in [-0.4, -0.2) is 35.6 Å². The van der Waals surface area contributed by atoms with E-state index in [1.807, 2.05) is 25.4 Å². The van der Waals surface area contributed by atoms with Crippen molar-refractivity contribution in [2.24, 2.45) is 0 Å². The number of esters is 1. The maximum atomic E-state index is 11.9. The number of halogens is 1. The minimum Gasteiger partial charge on any atom is -0.466 e. The van der Waals surface area contributed by atoms with Gasteiger partial charge in [0.2, 0.25) is 0 Å². The number of allylic oxidation sites excluding steroid dienone is 2. The van der Waals surface area contributed by atoms with Crippen LogP contribution in [0.1, 0.15) is 11.1 Å². The van der Waals surface area contributed by atoms with Crippen LogP contribution in [0, 0.1) is 0 Å². The summed E-state index contributed by atoms with van der Waals surface area (Å²) in [4.78, 5) is 14.0. The van der Waals surface area contributed by atoms with Crippen LogP contribution in [0.25, 0.3) is 0 Å². The number of benzene rings is 1. The quantitative estimate of drug-likeness (QED) is 0.435. The number of hydrogen-bond donors (Lipinski definition) is 0. The number of hydrogen-bond acceptors (Lipinski definition) is 3. The third-order valence-electron chi connectivity index (χ3n) is 3.57. The summed E-state index contributed by atoms with van der Waals surface area (Å²) >= 11 is 0.0379. The fraction of sp³-hybridized carbons (Fsp3) is 0.294. The van der Waals surface area contributed by atoms with E-state index >= 15 is 0 Å². The Morgan fingerprint density at radius 2 is 2.00 bits per heavy atom. The van der Waals surface area contributed by atoms with Gasteiger partial charge in [-0.15, -0.1) is 20.7 Å². The molecule has 1 aromatic rings. The minimum absolute atomic E-state index is 0.0218. The van der Waals surface area contributed by atoms with Crippen molar-refractivity contribution >= 4 is 31.2 Å². The lowest BCUT2D eigenvalue weighted by Gasteiger charge is -2.30. The molecule has 3 nitrogen and oxygen atoms in total. The lowest BCUT2D eigenvalue weighted by Crippen LogP contribution is -2.36. The lowest BCUT2D eigenvalue weighted by molar-refractivity contribution is -0.136. The molecule has 1 heterocycles. The summed E-state index contributed by atoms with van der Waals surface area (Å²) in [7, 11) is 3.41. The second-order valence-corrected chi connectivity index (χ2v) is 6.82. The van der Waals surface area contributed by atoms with Gasteiger partial charge in [0.15, 0.2) is 0 Å².